The van der Waals surface area contributed by atoms with Gasteiger partial charge < -0.3 is 25.0 Å². The molecule has 0 radical (unpaired) electrons. The van der Waals surface area contributed by atoms with Gasteiger partial charge in [0.05, 0.1) is 25.4 Å². The maximum atomic E-state index is 9.01. The molecule has 1 aliphatic heterocycles. The smallest absolute Gasteiger partial charge is 0.147 e. The average molecular weight is 191 g/mol. The normalized spacial score (nSPS) is 25.8. The molecule has 0 amide bonds. The van der Waals surface area contributed by atoms with Crippen molar-refractivity contribution in [3.63, 3.8) is 0 Å². The zero-order chi connectivity index (χ0) is 9.52. The molecule has 78 valence electrons. The first-order valence-corrected chi connectivity index (χ1v) is 4.52. The number of hydrogen-bond donors (Lipinski definition) is 3. The van der Waals surface area contributed by atoms with E-state index in [1.807, 2.05) is 0 Å². The van der Waals surface area contributed by atoms with E-state index in [1.54, 1.807) is 0 Å². The lowest BCUT2D eigenvalue weighted by atomic mass is 10.2. The second-order valence-electron chi connectivity index (χ2n) is 3.10. The summed E-state index contributed by atoms with van der Waals surface area (Å²) in [5.41, 5.74) is 0. The van der Waals surface area contributed by atoms with Crippen LogP contribution in [0.15, 0.2) is 0 Å². The summed E-state index contributed by atoms with van der Waals surface area (Å²) in [6, 6.07) is 0. The van der Waals surface area contributed by atoms with Crippen LogP contribution >= 0.6 is 0 Å². The van der Waals surface area contributed by atoms with Crippen molar-refractivity contribution < 1.29 is 19.7 Å². The summed E-state index contributed by atoms with van der Waals surface area (Å²) >= 11 is 0. The van der Waals surface area contributed by atoms with Gasteiger partial charge in [0.1, 0.15) is 6.79 Å². The molecule has 1 rings (SSSR count). The Morgan fingerprint density at radius 2 is 2.38 bits per heavy atom. The molecule has 5 heteroatoms. The first-order chi connectivity index (χ1) is 6.33. The summed E-state index contributed by atoms with van der Waals surface area (Å²) in [6.45, 7) is 1.98. The van der Waals surface area contributed by atoms with Crippen molar-refractivity contribution in [2.75, 3.05) is 33.1 Å². The number of aliphatic hydroxyl groups excluding tert-OH is 2. The molecule has 0 aliphatic carbocycles. The molecular formula is C8H17NO4. The quantitative estimate of drug-likeness (QED) is 0.503. The third kappa shape index (κ3) is 4.54. The van der Waals surface area contributed by atoms with Gasteiger partial charge in [-0.3, -0.25) is 0 Å². The molecule has 1 aliphatic rings. The molecule has 0 aromatic heterocycles. The third-order valence-corrected chi connectivity index (χ3v) is 1.93. The SMILES string of the molecule is OCC(O)CNCC1CCOCO1. The Morgan fingerprint density at radius 1 is 1.54 bits per heavy atom. The van der Waals surface area contributed by atoms with Crippen LogP contribution < -0.4 is 5.32 Å². The van der Waals surface area contributed by atoms with E-state index in [0.29, 0.717) is 19.9 Å². The number of hydrogen-bond acceptors (Lipinski definition) is 5. The van der Waals surface area contributed by atoms with Crippen LogP contribution in [0.2, 0.25) is 0 Å². The lowest BCUT2D eigenvalue weighted by Crippen LogP contribution is -2.38. The summed E-state index contributed by atoms with van der Waals surface area (Å²) in [6.07, 6.45) is 0.363. The monoisotopic (exact) mass is 191 g/mol. The van der Waals surface area contributed by atoms with Crippen molar-refractivity contribution in [1.82, 2.24) is 5.32 Å². The van der Waals surface area contributed by atoms with Crippen molar-refractivity contribution in [2.24, 2.45) is 0 Å². The minimum absolute atomic E-state index is 0.166. The standard InChI is InChI=1S/C8H17NO4/c10-5-7(11)3-9-4-8-1-2-12-6-13-8/h7-11H,1-6H2. The van der Waals surface area contributed by atoms with Crippen molar-refractivity contribution in [1.29, 1.82) is 0 Å². The maximum Gasteiger partial charge on any atom is 0.147 e. The second-order valence-corrected chi connectivity index (χ2v) is 3.10. The van der Waals surface area contributed by atoms with Crippen LogP contribution in [0.3, 0.4) is 0 Å². The van der Waals surface area contributed by atoms with Crippen LogP contribution in [-0.4, -0.2) is 55.5 Å². The van der Waals surface area contributed by atoms with E-state index in [0.717, 1.165) is 13.0 Å². The Hall–Kier alpha value is -0.200. The van der Waals surface area contributed by atoms with Gasteiger partial charge in [-0.1, -0.05) is 0 Å². The predicted molar refractivity (Wildman–Crippen MR) is 46.3 cm³/mol. The Kier molecular flexibility index (Phi) is 5.26. The average Bonchev–Trinajstić information content (AvgIpc) is 2.19. The molecule has 1 heterocycles. The molecule has 0 spiro atoms. The Balaban J connectivity index is 1.98. The van der Waals surface area contributed by atoms with Gasteiger partial charge in [-0.25, -0.2) is 0 Å². The lowest BCUT2D eigenvalue weighted by molar-refractivity contribution is -0.137. The molecule has 2 unspecified atom stereocenters. The highest BCUT2D eigenvalue weighted by Gasteiger charge is 2.13. The van der Waals surface area contributed by atoms with E-state index in [-0.39, 0.29) is 12.7 Å². The molecule has 2 atom stereocenters. The van der Waals surface area contributed by atoms with Gasteiger partial charge in [0.25, 0.3) is 0 Å². The highest BCUT2D eigenvalue weighted by molar-refractivity contribution is 4.65. The van der Waals surface area contributed by atoms with Gasteiger partial charge >= 0.3 is 0 Å². The van der Waals surface area contributed by atoms with Crippen LogP contribution in [0.5, 0.6) is 0 Å². The Morgan fingerprint density at radius 3 is 3.00 bits per heavy atom. The molecule has 0 bridgehead atoms. The second kappa shape index (κ2) is 6.28. The van der Waals surface area contributed by atoms with E-state index >= 15 is 0 Å². The van der Waals surface area contributed by atoms with Crippen LogP contribution in [0, 0.1) is 0 Å². The van der Waals surface area contributed by atoms with Crippen LogP contribution in [0.1, 0.15) is 6.42 Å². The van der Waals surface area contributed by atoms with E-state index in [4.69, 9.17) is 19.7 Å². The van der Waals surface area contributed by atoms with Crippen molar-refractivity contribution in [3.8, 4) is 0 Å². The summed E-state index contributed by atoms with van der Waals surface area (Å²) in [4.78, 5) is 0. The molecule has 3 N–H and O–H groups in total. The summed E-state index contributed by atoms with van der Waals surface area (Å²) < 4.78 is 10.3. The first-order valence-electron chi connectivity index (χ1n) is 4.52. The minimum Gasteiger partial charge on any atom is -0.394 e. The number of aliphatic hydroxyl groups is 2. The van der Waals surface area contributed by atoms with Crippen LogP contribution in [-0.2, 0) is 9.47 Å². The van der Waals surface area contributed by atoms with Crippen molar-refractivity contribution in [2.45, 2.75) is 18.6 Å². The number of nitrogens with one attached hydrogen (secondary N) is 1. The fourth-order valence-corrected chi connectivity index (χ4v) is 1.14. The topological polar surface area (TPSA) is 71.0 Å². The molecule has 13 heavy (non-hydrogen) atoms. The van der Waals surface area contributed by atoms with Gasteiger partial charge in [-0.05, 0) is 6.42 Å². The Bertz CT molecular complexity index is 127. The summed E-state index contributed by atoms with van der Waals surface area (Å²) in [7, 11) is 0. The molecule has 0 saturated carbocycles. The highest BCUT2D eigenvalue weighted by atomic mass is 16.7. The number of rotatable bonds is 5. The van der Waals surface area contributed by atoms with Gasteiger partial charge in [0, 0.05) is 13.1 Å². The van der Waals surface area contributed by atoms with Crippen molar-refractivity contribution >= 4 is 0 Å². The minimum atomic E-state index is -0.681. The van der Waals surface area contributed by atoms with Crippen molar-refractivity contribution in [3.05, 3.63) is 0 Å². The van der Waals surface area contributed by atoms with Gasteiger partial charge in [-0.2, -0.15) is 0 Å². The van der Waals surface area contributed by atoms with Crippen LogP contribution in [0.25, 0.3) is 0 Å². The Labute approximate surface area is 77.7 Å². The van der Waals surface area contributed by atoms with Gasteiger partial charge in [0.2, 0.25) is 0 Å². The molecule has 5 nitrogen and oxygen atoms in total. The molecule has 0 aromatic rings. The van der Waals surface area contributed by atoms with E-state index in [2.05, 4.69) is 5.32 Å². The van der Waals surface area contributed by atoms with E-state index < -0.39 is 6.10 Å². The number of ether oxygens (including phenoxy) is 2. The fraction of sp³-hybridized carbons (Fsp3) is 1.00. The zero-order valence-corrected chi connectivity index (χ0v) is 7.61. The molecule has 0 aromatic carbocycles. The first kappa shape index (κ1) is 10.9. The zero-order valence-electron chi connectivity index (χ0n) is 7.61. The third-order valence-electron chi connectivity index (χ3n) is 1.93. The molecular weight excluding hydrogens is 174 g/mol. The van der Waals surface area contributed by atoms with E-state index in [1.165, 1.54) is 0 Å². The predicted octanol–water partition coefficient (Wildman–Crippen LogP) is -1.31. The molecule has 1 saturated heterocycles. The summed E-state index contributed by atoms with van der Waals surface area (Å²) in [5.74, 6) is 0. The lowest BCUT2D eigenvalue weighted by Gasteiger charge is -2.23. The highest BCUT2D eigenvalue weighted by Crippen LogP contribution is 2.04. The maximum absolute atomic E-state index is 9.01. The van der Waals surface area contributed by atoms with E-state index in [9.17, 15) is 0 Å². The molecule has 1 fully saturated rings. The van der Waals surface area contributed by atoms with Gasteiger partial charge in [0.15, 0.2) is 0 Å². The largest absolute Gasteiger partial charge is 0.394 e. The summed E-state index contributed by atoms with van der Waals surface area (Å²) in [5, 5.41) is 20.6. The van der Waals surface area contributed by atoms with Crippen LogP contribution in [0.4, 0.5) is 0 Å². The fourth-order valence-electron chi connectivity index (χ4n) is 1.14. The van der Waals surface area contributed by atoms with Gasteiger partial charge in [-0.15, -0.1) is 0 Å².